The van der Waals surface area contributed by atoms with E-state index in [4.69, 9.17) is 10.6 Å². The number of primary amides is 1. The van der Waals surface area contributed by atoms with E-state index in [1.165, 1.54) is 48.8 Å². The quantitative estimate of drug-likeness (QED) is 0.475. The maximum atomic E-state index is 13.5. The lowest BCUT2D eigenvalue weighted by Crippen LogP contribution is -2.21. The van der Waals surface area contributed by atoms with Crippen molar-refractivity contribution in [3.63, 3.8) is 0 Å². The van der Waals surface area contributed by atoms with E-state index in [0.29, 0.717) is 11.3 Å². The summed E-state index contributed by atoms with van der Waals surface area (Å²) in [6.07, 6.45) is 3.49. The molecule has 2 N–H and O–H groups in total. The van der Waals surface area contributed by atoms with Crippen molar-refractivity contribution in [1.82, 2.24) is 14.7 Å². The Kier molecular flexibility index (Phi) is 5.42. The first-order valence-electron chi connectivity index (χ1n) is 9.52. The molecule has 4 rings (SSSR count). The summed E-state index contributed by atoms with van der Waals surface area (Å²) in [5, 5.41) is 0.215. The Balaban J connectivity index is 1.70. The number of hydrogen-bond acceptors (Lipinski definition) is 7. The van der Waals surface area contributed by atoms with Crippen LogP contribution in [0.5, 0.6) is 0 Å². The van der Waals surface area contributed by atoms with E-state index < -0.39 is 27.5 Å². The number of nitrogens with zero attached hydrogens (tertiary/aromatic N) is 3. The number of halogens is 1. The Morgan fingerprint density at radius 3 is 2.52 bits per heavy atom. The van der Waals surface area contributed by atoms with E-state index in [9.17, 15) is 22.4 Å². The van der Waals surface area contributed by atoms with Gasteiger partial charge in [-0.3, -0.25) is 4.79 Å². The van der Waals surface area contributed by atoms with Crippen molar-refractivity contribution < 1.29 is 27.2 Å². The smallest absolute Gasteiger partial charge is 0.366 e. The molecule has 2 heterocycles. The van der Waals surface area contributed by atoms with Crippen molar-refractivity contribution in [3.05, 3.63) is 77.5 Å². The number of rotatable bonds is 5. The molecular formula is C22H17FN4O5S. The van der Waals surface area contributed by atoms with Gasteiger partial charge in [0, 0.05) is 23.4 Å². The van der Waals surface area contributed by atoms with Crippen molar-refractivity contribution in [1.29, 1.82) is 0 Å². The molecule has 2 aromatic carbocycles. The van der Waals surface area contributed by atoms with Gasteiger partial charge in [-0.2, -0.15) is 4.73 Å². The van der Waals surface area contributed by atoms with Crippen LogP contribution in [0, 0.1) is 12.7 Å². The minimum absolute atomic E-state index is 0.0150. The Hall–Kier alpha value is -4.12. The van der Waals surface area contributed by atoms with Gasteiger partial charge < -0.3 is 10.6 Å². The minimum atomic E-state index is -3.54. The highest BCUT2D eigenvalue weighted by atomic mass is 32.2. The molecule has 33 heavy (non-hydrogen) atoms. The van der Waals surface area contributed by atoms with Gasteiger partial charge in [0.15, 0.2) is 15.7 Å². The number of benzene rings is 2. The van der Waals surface area contributed by atoms with Crippen LogP contribution in [-0.4, -0.2) is 41.2 Å². The highest BCUT2D eigenvalue weighted by Crippen LogP contribution is 2.25. The number of carbonyl (C=O) groups excluding carboxylic acids is 2. The average molecular weight is 468 g/mol. The zero-order valence-corrected chi connectivity index (χ0v) is 18.3. The molecule has 11 heteroatoms. The second-order valence-corrected chi connectivity index (χ2v) is 9.28. The Bertz CT molecular complexity index is 1550. The summed E-state index contributed by atoms with van der Waals surface area (Å²) in [7, 11) is -3.54. The number of carbonyl (C=O) groups is 2. The first-order chi connectivity index (χ1) is 15.5. The van der Waals surface area contributed by atoms with E-state index in [-0.39, 0.29) is 32.7 Å². The van der Waals surface area contributed by atoms with Crippen LogP contribution in [0.2, 0.25) is 0 Å². The molecule has 1 amide bonds. The fourth-order valence-corrected chi connectivity index (χ4v) is 3.90. The Labute approximate surface area is 187 Å². The lowest BCUT2D eigenvalue weighted by Gasteiger charge is -2.09. The summed E-state index contributed by atoms with van der Waals surface area (Å²) >= 11 is 0. The van der Waals surface area contributed by atoms with Crippen LogP contribution < -0.4 is 10.6 Å². The van der Waals surface area contributed by atoms with Crippen molar-refractivity contribution in [3.8, 4) is 11.4 Å². The second-order valence-electron chi connectivity index (χ2n) is 7.27. The van der Waals surface area contributed by atoms with Gasteiger partial charge in [-0.05, 0) is 37.3 Å². The molecule has 0 saturated heterocycles. The van der Waals surface area contributed by atoms with E-state index in [0.717, 1.165) is 11.0 Å². The molecule has 0 radical (unpaired) electrons. The molecule has 0 saturated carbocycles. The zero-order valence-electron chi connectivity index (χ0n) is 17.4. The fourth-order valence-electron chi connectivity index (χ4n) is 3.25. The number of fused-ring (bicyclic) bond motifs is 1. The van der Waals surface area contributed by atoms with Gasteiger partial charge in [0.1, 0.15) is 11.4 Å². The molecular weight excluding hydrogens is 451 g/mol. The summed E-state index contributed by atoms with van der Waals surface area (Å²) in [6, 6.07) is 9.75. The van der Waals surface area contributed by atoms with Crippen molar-refractivity contribution in [2.45, 2.75) is 11.8 Å². The molecule has 0 unspecified atom stereocenters. The predicted molar refractivity (Wildman–Crippen MR) is 117 cm³/mol. The largest absolute Gasteiger partial charge is 0.366 e. The third-order valence-electron chi connectivity index (χ3n) is 4.90. The van der Waals surface area contributed by atoms with Crippen LogP contribution in [-0.2, 0) is 9.84 Å². The molecule has 0 bridgehead atoms. The molecule has 0 fully saturated rings. The molecule has 9 nitrogen and oxygen atoms in total. The van der Waals surface area contributed by atoms with Crippen LogP contribution in [0.25, 0.3) is 22.3 Å². The molecule has 0 aliphatic heterocycles. The topological polar surface area (TPSA) is 134 Å². The van der Waals surface area contributed by atoms with Crippen molar-refractivity contribution in [2.24, 2.45) is 5.73 Å². The zero-order chi connectivity index (χ0) is 23.9. The number of hydrogen-bond donors (Lipinski definition) is 1. The average Bonchev–Trinajstić information content (AvgIpc) is 3.11. The third kappa shape index (κ3) is 4.30. The first kappa shape index (κ1) is 22.1. The van der Waals surface area contributed by atoms with Gasteiger partial charge >= 0.3 is 5.97 Å². The minimum Gasteiger partial charge on any atom is -0.366 e. The maximum Gasteiger partial charge on any atom is 0.366 e. The second kappa shape index (κ2) is 8.10. The number of aromatic nitrogens is 3. The number of nitrogens with two attached hydrogens (primary N) is 1. The fraction of sp³-hybridized carbons (Fsp3) is 0.0909. The lowest BCUT2D eigenvalue weighted by molar-refractivity contribution is 0.0479. The number of aryl methyl sites for hydroxylation is 1. The highest BCUT2D eigenvalue weighted by molar-refractivity contribution is 7.90. The van der Waals surface area contributed by atoms with Gasteiger partial charge in [0.05, 0.1) is 27.9 Å². The van der Waals surface area contributed by atoms with E-state index in [1.807, 2.05) is 0 Å². The highest BCUT2D eigenvalue weighted by Gasteiger charge is 2.21. The Morgan fingerprint density at radius 1 is 1.12 bits per heavy atom. The number of amides is 1. The normalized spacial score (nSPS) is 11.5. The monoisotopic (exact) mass is 468 g/mol. The maximum absolute atomic E-state index is 13.5. The summed E-state index contributed by atoms with van der Waals surface area (Å²) in [6.45, 7) is 1.57. The van der Waals surface area contributed by atoms with Crippen LogP contribution in [0.4, 0.5) is 4.39 Å². The molecule has 0 spiro atoms. The van der Waals surface area contributed by atoms with Crippen LogP contribution in [0.15, 0.2) is 59.8 Å². The van der Waals surface area contributed by atoms with Crippen molar-refractivity contribution in [2.75, 3.05) is 6.26 Å². The van der Waals surface area contributed by atoms with E-state index in [2.05, 4.69) is 9.97 Å². The van der Waals surface area contributed by atoms with Crippen molar-refractivity contribution >= 4 is 32.6 Å². The van der Waals surface area contributed by atoms with E-state index >= 15 is 0 Å². The van der Waals surface area contributed by atoms with Crippen LogP contribution in [0.1, 0.15) is 26.4 Å². The van der Waals surface area contributed by atoms with E-state index in [1.54, 1.807) is 13.0 Å². The molecule has 168 valence electrons. The van der Waals surface area contributed by atoms with Gasteiger partial charge in [-0.1, -0.05) is 12.1 Å². The molecule has 0 aliphatic rings. The molecule has 0 aliphatic carbocycles. The molecule has 4 aromatic rings. The predicted octanol–water partition coefficient (Wildman–Crippen LogP) is 2.32. The summed E-state index contributed by atoms with van der Waals surface area (Å²) in [4.78, 5) is 38.4. The third-order valence-corrected chi connectivity index (χ3v) is 6.01. The Morgan fingerprint density at radius 2 is 1.88 bits per heavy atom. The van der Waals surface area contributed by atoms with Gasteiger partial charge in [-0.15, -0.1) is 0 Å². The lowest BCUT2D eigenvalue weighted by atomic mass is 10.2. The first-order valence-corrected chi connectivity index (χ1v) is 11.4. The summed E-state index contributed by atoms with van der Waals surface area (Å²) in [5.74, 6) is -1.85. The standard InChI is InChI=1S/C22H17FN4O5S/c1-12-17(10-25-21(26-12)13-4-3-5-14(23)8-13)22(29)32-27-11-18(20(24)28)16-9-15(33(2,30)31)6-7-19(16)27/h3-11H,1-2H3,(H2,24,28). The SMILES string of the molecule is Cc1nc(-c2cccc(F)c2)ncc1C(=O)On1cc(C(N)=O)c2cc(S(C)(=O)=O)ccc21. The number of sulfone groups is 1. The molecule has 2 aromatic heterocycles. The van der Waals surface area contributed by atoms with Gasteiger partial charge in [0.25, 0.3) is 5.91 Å². The van der Waals surface area contributed by atoms with Gasteiger partial charge in [-0.25, -0.2) is 27.6 Å². The summed E-state index contributed by atoms with van der Waals surface area (Å²) < 4.78 is 38.3. The molecule has 0 atom stereocenters. The summed E-state index contributed by atoms with van der Waals surface area (Å²) in [5.41, 5.74) is 6.44. The van der Waals surface area contributed by atoms with Gasteiger partial charge in [0.2, 0.25) is 0 Å². The van der Waals surface area contributed by atoms with Crippen LogP contribution in [0.3, 0.4) is 0 Å². The van der Waals surface area contributed by atoms with Crippen LogP contribution >= 0.6 is 0 Å².